The molecule has 1 fully saturated rings. The predicted molar refractivity (Wildman–Crippen MR) is 89.4 cm³/mol. The van der Waals surface area contributed by atoms with Crippen molar-refractivity contribution in [2.45, 2.75) is 39.2 Å². The largest absolute Gasteiger partial charge is 0.504 e. The second kappa shape index (κ2) is 5.96. The van der Waals surface area contributed by atoms with Crippen LogP contribution in [0.25, 0.3) is 0 Å². The van der Waals surface area contributed by atoms with Crippen molar-refractivity contribution in [1.29, 1.82) is 0 Å². The van der Waals surface area contributed by atoms with Gasteiger partial charge in [-0.25, -0.2) is 0 Å². The van der Waals surface area contributed by atoms with Gasteiger partial charge < -0.3 is 9.84 Å². The highest BCUT2D eigenvalue weighted by Crippen LogP contribution is 2.44. The topological polar surface area (TPSA) is 32.7 Å². The van der Waals surface area contributed by atoms with Crippen LogP contribution in [-0.2, 0) is 6.42 Å². The third kappa shape index (κ3) is 2.74. The van der Waals surface area contributed by atoms with Gasteiger partial charge in [-0.05, 0) is 54.4 Å². The Labute approximate surface area is 133 Å². The van der Waals surface area contributed by atoms with Crippen molar-refractivity contribution in [2.75, 3.05) is 20.2 Å². The lowest BCUT2D eigenvalue weighted by Crippen LogP contribution is -2.43. The minimum absolute atomic E-state index is 0.252. The zero-order chi connectivity index (χ0) is 15.9. The second-order valence-electron chi connectivity index (χ2n) is 7.17. The molecule has 0 bridgehead atoms. The summed E-state index contributed by atoms with van der Waals surface area (Å²) in [4.78, 5) is 2.60. The smallest absolute Gasteiger partial charge is 0.160 e. The molecular weight excluding hydrogens is 274 g/mol. The standard InChI is InChI=1S/C19H27NO2/c1-12(2)7-15-11-20-6-5-14-9-18(21)19(22-4)10-16(14)17(20)8-13(15)3/h9-10,12,15,17,21H,3,5-8,11H2,1-2,4H3. The predicted octanol–water partition coefficient (Wildman–Crippen LogP) is 3.92. The molecule has 2 aliphatic heterocycles. The summed E-state index contributed by atoms with van der Waals surface area (Å²) in [7, 11) is 1.61. The summed E-state index contributed by atoms with van der Waals surface area (Å²) in [6.07, 6.45) is 3.26. The highest BCUT2D eigenvalue weighted by Gasteiger charge is 2.35. The molecule has 2 heterocycles. The van der Waals surface area contributed by atoms with Gasteiger partial charge in [0.25, 0.3) is 0 Å². The normalized spacial score (nSPS) is 25.0. The first-order valence-electron chi connectivity index (χ1n) is 8.31. The number of hydrogen-bond acceptors (Lipinski definition) is 3. The number of ether oxygens (including phenoxy) is 1. The molecule has 0 spiro atoms. The Balaban J connectivity index is 1.88. The van der Waals surface area contributed by atoms with Gasteiger partial charge in [0.05, 0.1) is 7.11 Å². The van der Waals surface area contributed by atoms with Gasteiger partial charge in [0.2, 0.25) is 0 Å². The first-order valence-corrected chi connectivity index (χ1v) is 8.31. The Morgan fingerprint density at radius 3 is 2.86 bits per heavy atom. The third-order valence-electron chi connectivity index (χ3n) is 5.15. The summed E-state index contributed by atoms with van der Waals surface area (Å²) in [5.41, 5.74) is 3.95. The first kappa shape index (κ1) is 15.4. The van der Waals surface area contributed by atoms with Gasteiger partial charge in [-0.15, -0.1) is 0 Å². The van der Waals surface area contributed by atoms with Crippen LogP contribution in [0.3, 0.4) is 0 Å². The highest BCUT2D eigenvalue weighted by atomic mass is 16.5. The van der Waals surface area contributed by atoms with Gasteiger partial charge in [-0.3, -0.25) is 4.90 Å². The highest BCUT2D eigenvalue weighted by molar-refractivity contribution is 5.49. The Morgan fingerprint density at radius 2 is 2.18 bits per heavy atom. The zero-order valence-corrected chi connectivity index (χ0v) is 13.9. The average Bonchev–Trinajstić information content (AvgIpc) is 2.47. The van der Waals surface area contributed by atoms with Crippen LogP contribution in [0.5, 0.6) is 11.5 Å². The molecule has 0 amide bonds. The minimum atomic E-state index is 0.252. The van der Waals surface area contributed by atoms with E-state index in [0.29, 0.717) is 23.6 Å². The lowest BCUT2D eigenvalue weighted by molar-refractivity contribution is 0.124. The van der Waals surface area contributed by atoms with Gasteiger partial charge in [0, 0.05) is 19.1 Å². The van der Waals surface area contributed by atoms with E-state index in [0.717, 1.165) is 25.9 Å². The summed E-state index contributed by atoms with van der Waals surface area (Å²) in [5.74, 6) is 2.17. The van der Waals surface area contributed by atoms with E-state index in [1.54, 1.807) is 7.11 Å². The molecule has 0 aromatic heterocycles. The number of rotatable bonds is 3. The van der Waals surface area contributed by atoms with Crippen molar-refractivity contribution in [1.82, 2.24) is 4.90 Å². The fraction of sp³-hybridized carbons (Fsp3) is 0.579. The third-order valence-corrected chi connectivity index (χ3v) is 5.15. The number of methoxy groups -OCH3 is 1. The molecular formula is C19H27NO2. The van der Waals surface area contributed by atoms with Gasteiger partial charge in [-0.1, -0.05) is 26.0 Å². The number of piperidine rings is 1. The minimum Gasteiger partial charge on any atom is -0.504 e. The maximum Gasteiger partial charge on any atom is 0.160 e. The molecule has 120 valence electrons. The second-order valence-corrected chi connectivity index (χ2v) is 7.17. The van der Waals surface area contributed by atoms with Crippen LogP contribution in [-0.4, -0.2) is 30.2 Å². The van der Waals surface area contributed by atoms with E-state index in [-0.39, 0.29) is 5.75 Å². The molecule has 2 aliphatic rings. The van der Waals surface area contributed by atoms with Crippen molar-refractivity contribution < 1.29 is 9.84 Å². The number of aromatic hydroxyl groups is 1. The molecule has 22 heavy (non-hydrogen) atoms. The number of fused-ring (bicyclic) bond motifs is 3. The summed E-state index contributed by atoms with van der Waals surface area (Å²) < 4.78 is 5.30. The number of hydrogen-bond donors (Lipinski definition) is 1. The number of nitrogens with zero attached hydrogens (tertiary/aromatic N) is 1. The van der Waals surface area contributed by atoms with Crippen LogP contribution in [0.2, 0.25) is 0 Å². The number of phenols is 1. The fourth-order valence-corrected chi connectivity index (χ4v) is 4.03. The molecule has 1 N–H and O–H groups in total. The molecule has 1 aromatic carbocycles. The van der Waals surface area contributed by atoms with E-state index in [1.807, 2.05) is 12.1 Å². The van der Waals surface area contributed by atoms with Crippen molar-refractivity contribution >= 4 is 0 Å². The lowest BCUT2D eigenvalue weighted by Gasteiger charge is -2.45. The van der Waals surface area contributed by atoms with Gasteiger partial charge in [0.15, 0.2) is 11.5 Å². The molecule has 0 aliphatic carbocycles. The molecule has 0 saturated carbocycles. The summed E-state index contributed by atoms with van der Waals surface area (Å²) in [5, 5.41) is 10.00. The van der Waals surface area contributed by atoms with Crippen molar-refractivity contribution in [3.05, 3.63) is 35.4 Å². The van der Waals surface area contributed by atoms with E-state index in [9.17, 15) is 5.11 Å². The van der Waals surface area contributed by atoms with E-state index in [1.165, 1.54) is 23.1 Å². The van der Waals surface area contributed by atoms with Crippen LogP contribution >= 0.6 is 0 Å². The summed E-state index contributed by atoms with van der Waals surface area (Å²) in [6, 6.07) is 4.31. The first-order chi connectivity index (χ1) is 10.5. The van der Waals surface area contributed by atoms with Gasteiger partial charge in [-0.2, -0.15) is 0 Å². The van der Waals surface area contributed by atoms with Crippen molar-refractivity contribution in [3.63, 3.8) is 0 Å². The Hall–Kier alpha value is -1.48. The molecule has 3 nitrogen and oxygen atoms in total. The van der Waals surface area contributed by atoms with Crippen LogP contribution < -0.4 is 4.74 Å². The Kier molecular flexibility index (Phi) is 4.18. The molecule has 2 atom stereocenters. The quantitative estimate of drug-likeness (QED) is 0.859. The SMILES string of the molecule is C=C1CC2c3cc(OC)c(O)cc3CCN2CC1CC(C)C. The van der Waals surface area contributed by atoms with Gasteiger partial charge >= 0.3 is 0 Å². The molecule has 3 rings (SSSR count). The summed E-state index contributed by atoms with van der Waals surface area (Å²) >= 11 is 0. The van der Waals surface area contributed by atoms with Crippen LogP contribution in [0.1, 0.15) is 43.9 Å². The van der Waals surface area contributed by atoms with Gasteiger partial charge in [0.1, 0.15) is 0 Å². The summed E-state index contributed by atoms with van der Waals surface area (Å²) in [6.45, 7) is 11.1. The molecule has 1 saturated heterocycles. The van der Waals surface area contributed by atoms with Crippen LogP contribution in [0.15, 0.2) is 24.3 Å². The van der Waals surface area contributed by atoms with E-state index < -0.39 is 0 Å². The van der Waals surface area contributed by atoms with Crippen molar-refractivity contribution in [2.24, 2.45) is 11.8 Å². The number of benzene rings is 1. The Bertz CT molecular complexity index is 579. The molecule has 2 unspecified atom stereocenters. The van der Waals surface area contributed by atoms with E-state index in [4.69, 9.17) is 4.74 Å². The molecule has 1 aromatic rings. The molecule has 3 heteroatoms. The Morgan fingerprint density at radius 1 is 1.41 bits per heavy atom. The average molecular weight is 301 g/mol. The lowest BCUT2D eigenvalue weighted by atomic mass is 9.78. The zero-order valence-electron chi connectivity index (χ0n) is 13.9. The van der Waals surface area contributed by atoms with Crippen molar-refractivity contribution in [3.8, 4) is 11.5 Å². The number of phenolic OH excluding ortho intramolecular Hbond substituents is 1. The maximum atomic E-state index is 10.00. The maximum absolute atomic E-state index is 10.00. The van der Waals surface area contributed by atoms with Crippen LogP contribution in [0.4, 0.5) is 0 Å². The van der Waals surface area contributed by atoms with Crippen LogP contribution in [0, 0.1) is 11.8 Å². The monoisotopic (exact) mass is 301 g/mol. The molecule has 0 radical (unpaired) electrons. The fourth-order valence-electron chi connectivity index (χ4n) is 4.03. The van der Waals surface area contributed by atoms with E-state index in [2.05, 4.69) is 25.3 Å². The van der Waals surface area contributed by atoms with E-state index >= 15 is 0 Å².